The van der Waals surface area contributed by atoms with Gasteiger partial charge in [-0.2, -0.15) is 0 Å². The molecular formula is C17H24O4. The van der Waals surface area contributed by atoms with Gasteiger partial charge in [-0.15, -0.1) is 0 Å². The summed E-state index contributed by atoms with van der Waals surface area (Å²) in [6.07, 6.45) is 2.68. The molecule has 1 aliphatic heterocycles. The normalized spacial score (nSPS) is 26.3. The minimum Gasteiger partial charge on any atom is -0.389 e. The first-order chi connectivity index (χ1) is 9.96. The summed E-state index contributed by atoms with van der Waals surface area (Å²) in [5.41, 5.74) is 1.13. The molecule has 0 radical (unpaired) electrons. The molecule has 0 amide bonds. The first-order valence-electron chi connectivity index (χ1n) is 7.30. The SMILES string of the molecule is CC(O)/C=C/[C@@H]1OC(C)(C)O[C@H]1COCc1ccccc1. The molecule has 116 valence electrons. The molecule has 4 nitrogen and oxygen atoms in total. The van der Waals surface area contributed by atoms with Gasteiger partial charge in [-0.05, 0) is 26.3 Å². The lowest BCUT2D eigenvalue weighted by Crippen LogP contribution is -2.26. The van der Waals surface area contributed by atoms with Crippen LogP contribution in [0.3, 0.4) is 0 Å². The standard InChI is InChI=1S/C17H24O4/c1-13(18)9-10-15-16(21-17(2,3)20-15)12-19-11-14-7-5-4-6-8-14/h4-10,13,15-16,18H,11-12H2,1-3H3/b10-9+/t13?,15-,16-/m0/s1. The van der Waals surface area contributed by atoms with Crippen LogP contribution in [0.5, 0.6) is 0 Å². The van der Waals surface area contributed by atoms with E-state index in [4.69, 9.17) is 14.2 Å². The molecule has 1 saturated heterocycles. The zero-order valence-electron chi connectivity index (χ0n) is 12.9. The van der Waals surface area contributed by atoms with Gasteiger partial charge in [-0.1, -0.05) is 42.5 Å². The maximum absolute atomic E-state index is 9.34. The van der Waals surface area contributed by atoms with Crippen molar-refractivity contribution in [2.24, 2.45) is 0 Å². The van der Waals surface area contributed by atoms with Gasteiger partial charge in [0.15, 0.2) is 5.79 Å². The highest BCUT2D eigenvalue weighted by atomic mass is 16.8. The Labute approximate surface area is 126 Å². The van der Waals surface area contributed by atoms with Crippen molar-refractivity contribution in [3.8, 4) is 0 Å². The second-order valence-electron chi connectivity index (χ2n) is 5.76. The van der Waals surface area contributed by atoms with Crippen LogP contribution in [0.1, 0.15) is 26.3 Å². The van der Waals surface area contributed by atoms with Crippen molar-refractivity contribution in [1.29, 1.82) is 0 Å². The fourth-order valence-electron chi connectivity index (χ4n) is 2.29. The van der Waals surface area contributed by atoms with Crippen LogP contribution in [-0.4, -0.2) is 35.8 Å². The van der Waals surface area contributed by atoms with Crippen LogP contribution < -0.4 is 0 Å². The summed E-state index contributed by atoms with van der Waals surface area (Å²) in [6.45, 7) is 6.47. The Balaban J connectivity index is 1.87. The molecule has 1 aromatic rings. The van der Waals surface area contributed by atoms with E-state index in [1.165, 1.54) is 0 Å². The van der Waals surface area contributed by atoms with E-state index >= 15 is 0 Å². The second-order valence-corrected chi connectivity index (χ2v) is 5.76. The Morgan fingerprint density at radius 2 is 2.00 bits per heavy atom. The molecular weight excluding hydrogens is 268 g/mol. The summed E-state index contributed by atoms with van der Waals surface area (Å²) in [4.78, 5) is 0. The third-order valence-electron chi connectivity index (χ3n) is 3.19. The molecule has 0 saturated carbocycles. The number of ether oxygens (including phenoxy) is 3. The summed E-state index contributed by atoms with van der Waals surface area (Å²) in [5, 5.41) is 9.34. The van der Waals surface area contributed by atoms with Crippen LogP contribution in [0.4, 0.5) is 0 Å². The predicted octanol–water partition coefficient (Wildman–Crippen LogP) is 2.66. The fourth-order valence-corrected chi connectivity index (χ4v) is 2.29. The van der Waals surface area contributed by atoms with E-state index in [1.54, 1.807) is 13.0 Å². The summed E-state index contributed by atoms with van der Waals surface area (Å²) in [6, 6.07) is 10.0. The van der Waals surface area contributed by atoms with Crippen LogP contribution >= 0.6 is 0 Å². The Morgan fingerprint density at radius 1 is 1.29 bits per heavy atom. The van der Waals surface area contributed by atoms with Gasteiger partial charge >= 0.3 is 0 Å². The van der Waals surface area contributed by atoms with E-state index in [0.29, 0.717) is 13.2 Å². The smallest absolute Gasteiger partial charge is 0.164 e. The molecule has 21 heavy (non-hydrogen) atoms. The van der Waals surface area contributed by atoms with Crippen molar-refractivity contribution in [2.45, 2.75) is 51.5 Å². The lowest BCUT2D eigenvalue weighted by Gasteiger charge is -2.16. The van der Waals surface area contributed by atoms with Crippen molar-refractivity contribution >= 4 is 0 Å². The van der Waals surface area contributed by atoms with Crippen molar-refractivity contribution < 1.29 is 19.3 Å². The first-order valence-corrected chi connectivity index (χ1v) is 7.30. The lowest BCUT2D eigenvalue weighted by molar-refractivity contribution is -0.148. The average Bonchev–Trinajstić information content (AvgIpc) is 2.72. The Morgan fingerprint density at radius 3 is 2.67 bits per heavy atom. The Hall–Kier alpha value is -1.20. The zero-order valence-corrected chi connectivity index (χ0v) is 12.9. The largest absolute Gasteiger partial charge is 0.389 e. The van der Waals surface area contributed by atoms with E-state index in [2.05, 4.69) is 0 Å². The molecule has 1 N–H and O–H groups in total. The van der Waals surface area contributed by atoms with Crippen molar-refractivity contribution in [3.05, 3.63) is 48.0 Å². The van der Waals surface area contributed by atoms with E-state index in [0.717, 1.165) is 5.56 Å². The second kappa shape index (κ2) is 7.18. The molecule has 1 heterocycles. The average molecular weight is 292 g/mol. The number of hydrogen-bond acceptors (Lipinski definition) is 4. The summed E-state index contributed by atoms with van der Waals surface area (Å²) >= 11 is 0. The van der Waals surface area contributed by atoms with E-state index < -0.39 is 11.9 Å². The maximum Gasteiger partial charge on any atom is 0.164 e. The zero-order chi connectivity index (χ0) is 15.3. The number of hydrogen-bond donors (Lipinski definition) is 1. The number of rotatable bonds is 6. The number of benzene rings is 1. The first kappa shape index (κ1) is 16.2. The third-order valence-corrected chi connectivity index (χ3v) is 3.19. The van der Waals surface area contributed by atoms with Gasteiger partial charge in [-0.25, -0.2) is 0 Å². The van der Waals surface area contributed by atoms with Gasteiger partial charge in [0, 0.05) is 0 Å². The van der Waals surface area contributed by atoms with Gasteiger partial charge in [0.05, 0.1) is 19.3 Å². The van der Waals surface area contributed by atoms with Gasteiger partial charge in [0.2, 0.25) is 0 Å². The molecule has 0 spiro atoms. The van der Waals surface area contributed by atoms with Crippen LogP contribution in [0.15, 0.2) is 42.5 Å². The van der Waals surface area contributed by atoms with Gasteiger partial charge < -0.3 is 19.3 Å². The monoisotopic (exact) mass is 292 g/mol. The van der Waals surface area contributed by atoms with Crippen LogP contribution in [-0.2, 0) is 20.8 Å². The topological polar surface area (TPSA) is 47.9 Å². The molecule has 0 aliphatic carbocycles. The summed E-state index contributed by atoms with van der Waals surface area (Å²) in [5.74, 6) is -0.630. The maximum atomic E-state index is 9.34. The Kier molecular flexibility index (Phi) is 5.53. The van der Waals surface area contributed by atoms with Crippen molar-refractivity contribution in [3.63, 3.8) is 0 Å². The summed E-state index contributed by atoms with van der Waals surface area (Å²) in [7, 11) is 0. The molecule has 1 fully saturated rings. The molecule has 1 aliphatic rings. The molecule has 1 unspecified atom stereocenters. The molecule has 0 bridgehead atoms. The van der Waals surface area contributed by atoms with Crippen LogP contribution in [0, 0.1) is 0 Å². The highest BCUT2D eigenvalue weighted by Crippen LogP contribution is 2.29. The fraction of sp³-hybridized carbons (Fsp3) is 0.529. The van der Waals surface area contributed by atoms with E-state index in [-0.39, 0.29) is 12.2 Å². The van der Waals surface area contributed by atoms with Crippen LogP contribution in [0.25, 0.3) is 0 Å². The van der Waals surface area contributed by atoms with Gasteiger partial charge in [0.25, 0.3) is 0 Å². The minimum absolute atomic E-state index is 0.168. The molecule has 0 aromatic heterocycles. The van der Waals surface area contributed by atoms with Gasteiger partial charge in [-0.3, -0.25) is 0 Å². The van der Waals surface area contributed by atoms with Crippen molar-refractivity contribution in [1.82, 2.24) is 0 Å². The lowest BCUT2D eigenvalue weighted by atomic mass is 10.2. The molecule has 2 rings (SSSR count). The Bertz CT molecular complexity index is 453. The van der Waals surface area contributed by atoms with E-state index in [1.807, 2.05) is 50.3 Å². The molecule has 3 atom stereocenters. The predicted molar refractivity (Wildman–Crippen MR) is 80.7 cm³/mol. The summed E-state index contributed by atoms with van der Waals surface area (Å²) < 4.78 is 17.4. The van der Waals surface area contributed by atoms with E-state index in [9.17, 15) is 5.11 Å². The quantitative estimate of drug-likeness (QED) is 0.819. The molecule has 4 heteroatoms. The number of aliphatic hydroxyl groups excluding tert-OH is 1. The highest BCUT2D eigenvalue weighted by Gasteiger charge is 2.39. The molecule has 1 aromatic carbocycles. The van der Waals surface area contributed by atoms with Crippen molar-refractivity contribution in [2.75, 3.05) is 6.61 Å². The third kappa shape index (κ3) is 5.25. The number of aliphatic hydroxyl groups is 1. The highest BCUT2D eigenvalue weighted by molar-refractivity contribution is 5.13. The van der Waals surface area contributed by atoms with Crippen LogP contribution in [0.2, 0.25) is 0 Å². The van der Waals surface area contributed by atoms with Gasteiger partial charge in [0.1, 0.15) is 12.2 Å². The minimum atomic E-state index is -0.630.